The summed E-state index contributed by atoms with van der Waals surface area (Å²) in [6, 6.07) is 13.8. The molecule has 1 aliphatic heterocycles. The van der Waals surface area contributed by atoms with Crippen molar-refractivity contribution in [2.24, 2.45) is 0 Å². The molecule has 0 radical (unpaired) electrons. The van der Waals surface area contributed by atoms with Gasteiger partial charge in [0.05, 0.1) is 0 Å². The van der Waals surface area contributed by atoms with Crippen molar-refractivity contribution in [3.63, 3.8) is 0 Å². The van der Waals surface area contributed by atoms with Crippen molar-refractivity contribution in [1.82, 2.24) is 10.9 Å². The Bertz CT molecular complexity index is 760. The van der Waals surface area contributed by atoms with E-state index in [1.807, 2.05) is 30.3 Å². The fourth-order valence-corrected chi connectivity index (χ4v) is 3.65. The van der Waals surface area contributed by atoms with Gasteiger partial charge in [0.15, 0.2) is 0 Å². The average Bonchev–Trinajstić information content (AvgIpc) is 3.24. The zero-order valence-corrected chi connectivity index (χ0v) is 14.1. The topological polar surface area (TPSA) is 53.2 Å². The normalized spacial score (nSPS) is 22.4. The summed E-state index contributed by atoms with van der Waals surface area (Å²) in [7, 11) is 0. The van der Waals surface area contributed by atoms with Gasteiger partial charge in [-0.3, -0.25) is 4.79 Å². The quantitative estimate of drug-likeness (QED) is 0.802. The molecule has 124 valence electrons. The molecule has 2 aromatic carbocycles. The number of hydrogen-bond acceptors (Lipinski definition) is 3. The van der Waals surface area contributed by atoms with E-state index >= 15 is 0 Å². The molecule has 1 aliphatic carbocycles. The Morgan fingerprint density at radius 2 is 1.83 bits per heavy atom. The summed E-state index contributed by atoms with van der Waals surface area (Å²) in [6.45, 7) is 0. The van der Waals surface area contributed by atoms with E-state index in [0.29, 0.717) is 6.42 Å². The lowest BCUT2D eigenvalue weighted by Gasteiger charge is -2.12. The third-order valence-electron chi connectivity index (χ3n) is 4.86. The second-order valence-electron chi connectivity index (χ2n) is 6.51. The molecule has 3 N–H and O–H groups in total. The number of benzene rings is 2. The van der Waals surface area contributed by atoms with Gasteiger partial charge in [0.1, 0.15) is 6.04 Å². The first-order valence-electron chi connectivity index (χ1n) is 8.38. The minimum Gasteiger partial charge on any atom is -0.325 e. The third-order valence-corrected chi connectivity index (χ3v) is 5.11. The van der Waals surface area contributed by atoms with Gasteiger partial charge in [0, 0.05) is 16.8 Å². The summed E-state index contributed by atoms with van der Waals surface area (Å²) >= 11 is 5.93. The fraction of sp³-hybridized carbons (Fsp3) is 0.316. The number of nitrogens with one attached hydrogen (secondary N) is 3. The van der Waals surface area contributed by atoms with Crippen LogP contribution in [0.15, 0.2) is 42.5 Å². The van der Waals surface area contributed by atoms with Crippen molar-refractivity contribution in [1.29, 1.82) is 0 Å². The molecule has 0 saturated carbocycles. The first-order valence-corrected chi connectivity index (χ1v) is 8.76. The molecule has 24 heavy (non-hydrogen) atoms. The van der Waals surface area contributed by atoms with Crippen LogP contribution in [0.25, 0.3) is 0 Å². The van der Waals surface area contributed by atoms with Gasteiger partial charge in [-0.2, -0.15) is 0 Å². The number of carbonyl (C=O) groups excluding carboxylic acids is 1. The van der Waals surface area contributed by atoms with Crippen molar-refractivity contribution in [2.45, 2.75) is 37.8 Å². The number of anilines is 1. The second kappa shape index (κ2) is 6.55. The zero-order chi connectivity index (χ0) is 16.5. The van der Waals surface area contributed by atoms with E-state index in [1.54, 1.807) is 0 Å². The molecule has 4 nitrogen and oxygen atoms in total. The van der Waals surface area contributed by atoms with E-state index in [4.69, 9.17) is 11.6 Å². The van der Waals surface area contributed by atoms with Gasteiger partial charge >= 0.3 is 0 Å². The van der Waals surface area contributed by atoms with Crippen molar-refractivity contribution < 1.29 is 4.79 Å². The fourth-order valence-electron chi connectivity index (χ4n) is 3.52. The largest absolute Gasteiger partial charge is 0.325 e. The van der Waals surface area contributed by atoms with E-state index in [0.717, 1.165) is 29.1 Å². The Labute approximate surface area is 146 Å². The van der Waals surface area contributed by atoms with Gasteiger partial charge in [-0.1, -0.05) is 29.8 Å². The van der Waals surface area contributed by atoms with Gasteiger partial charge in [-0.15, -0.1) is 0 Å². The number of carbonyl (C=O) groups is 1. The van der Waals surface area contributed by atoms with Crippen LogP contribution in [0.4, 0.5) is 5.69 Å². The van der Waals surface area contributed by atoms with Gasteiger partial charge in [0.2, 0.25) is 5.91 Å². The molecule has 0 bridgehead atoms. The second-order valence-corrected chi connectivity index (χ2v) is 6.94. The highest BCUT2D eigenvalue weighted by molar-refractivity contribution is 6.30. The number of amides is 1. The molecule has 0 spiro atoms. The summed E-state index contributed by atoms with van der Waals surface area (Å²) < 4.78 is 0. The van der Waals surface area contributed by atoms with E-state index in [1.165, 1.54) is 17.5 Å². The lowest BCUT2D eigenvalue weighted by atomic mass is 10.0. The van der Waals surface area contributed by atoms with Crippen LogP contribution in [0.5, 0.6) is 0 Å². The van der Waals surface area contributed by atoms with Crippen LogP contribution in [0.2, 0.25) is 5.02 Å². The van der Waals surface area contributed by atoms with E-state index in [2.05, 4.69) is 28.3 Å². The standard InChI is InChI=1S/C19H20ClN3O/c20-15-7-4-13(5-8-15)17-11-18(23-22-17)19(24)21-16-9-6-12-2-1-3-14(12)10-16/h4-10,17-18,22-23H,1-3,11H2,(H,21,24). The summed E-state index contributed by atoms with van der Waals surface area (Å²) in [5, 5.41) is 3.75. The van der Waals surface area contributed by atoms with E-state index in [-0.39, 0.29) is 18.0 Å². The maximum Gasteiger partial charge on any atom is 0.242 e. The van der Waals surface area contributed by atoms with Gasteiger partial charge in [0.25, 0.3) is 0 Å². The molecule has 1 amide bonds. The molecule has 4 rings (SSSR count). The van der Waals surface area contributed by atoms with Crippen LogP contribution >= 0.6 is 11.6 Å². The first-order chi connectivity index (χ1) is 11.7. The molecule has 2 aliphatic rings. The Kier molecular flexibility index (Phi) is 4.27. The highest BCUT2D eigenvalue weighted by Crippen LogP contribution is 2.26. The maximum absolute atomic E-state index is 12.5. The highest BCUT2D eigenvalue weighted by Gasteiger charge is 2.30. The molecule has 2 aromatic rings. The van der Waals surface area contributed by atoms with Crippen molar-refractivity contribution in [2.75, 3.05) is 5.32 Å². The van der Waals surface area contributed by atoms with Crippen LogP contribution in [0.3, 0.4) is 0 Å². The average molecular weight is 342 g/mol. The maximum atomic E-state index is 12.5. The molecule has 1 saturated heterocycles. The van der Waals surface area contributed by atoms with Crippen LogP contribution in [0.1, 0.15) is 35.6 Å². The molecule has 2 unspecified atom stereocenters. The molecule has 2 atom stereocenters. The molecule has 1 fully saturated rings. The monoisotopic (exact) mass is 341 g/mol. The molecule has 5 heteroatoms. The van der Waals surface area contributed by atoms with Crippen LogP contribution < -0.4 is 16.2 Å². The Morgan fingerprint density at radius 1 is 1.04 bits per heavy atom. The summed E-state index contributed by atoms with van der Waals surface area (Å²) in [5.74, 6) is -0.00286. The summed E-state index contributed by atoms with van der Waals surface area (Å²) in [5.41, 5.74) is 11.1. The Balaban J connectivity index is 1.39. The predicted molar refractivity (Wildman–Crippen MR) is 96.0 cm³/mol. The summed E-state index contributed by atoms with van der Waals surface area (Å²) in [6.07, 6.45) is 4.18. The number of hydrazine groups is 1. The van der Waals surface area contributed by atoms with Crippen molar-refractivity contribution in [3.8, 4) is 0 Å². The molecule has 0 aromatic heterocycles. The van der Waals surface area contributed by atoms with Crippen LogP contribution in [-0.2, 0) is 17.6 Å². The van der Waals surface area contributed by atoms with Gasteiger partial charge < -0.3 is 5.32 Å². The SMILES string of the molecule is O=C(Nc1ccc2c(c1)CCC2)C1CC(c2ccc(Cl)cc2)NN1. The van der Waals surface area contributed by atoms with Crippen molar-refractivity contribution in [3.05, 3.63) is 64.2 Å². The van der Waals surface area contributed by atoms with Gasteiger partial charge in [-0.25, -0.2) is 10.9 Å². The first kappa shape index (κ1) is 15.6. The molecular formula is C19H20ClN3O. The van der Waals surface area contributed by atoms with Crippen LogP contribution in [0, 0.1) is 0 Å². The minimum absolute atomic E-state index is 0.00286. The number of aryl methyl sites for hydroxylation is 2. The number of hydrogen-bond donors (Lipinski definition) is 3. The van der Waals surface area contributed by atoms with E-state index in [9.17, 15) is 4.79 Å². The number of fused-ring (bicyclic) bond motifs is 1. The molecular weight excluding hydrogens is 322 g/mol. The zero-order valence-electron chi connectivity index (χ0n) is 13.3. The summed E-state index contributed by atoms with van der Waals surface area (Å²) in [4.78, 5) is 12.5. The van der Waals surface area contributed by atoms with E-state index < -0.39 is 0 Å². The van der Waals surface area contributed by atoms with Gasteiger partial charge in [-0.05, 0) is 66.6 Å². The highest BCUT2D eigenvalue weighted by atomic mass is 35.5. The number of halogens is 1. The van der Waals surface area contributed by atoms with Crippen molar-refractivity contribution >= 4 is 23.2 Å². The Morgan fingerprint density at radius 3 is 2.67 bits per heavy atom. The number of rotatable bonds is 3. The van der Waals surface area contributed by atoms with Crippen LogP contribution in [-0.4, -0.2) is 11.9 Å². The lowest BCUT2D eigenvalue weighted by Crippen LogP contribution is -2.39. The predicted octanol–water partition coefficient (Wildman–Crippen LogP) is 3.38. The lowest BCUT2D eigenvalue weighted by molar-refractivity contribution is -0.117. The third kappa shape index (κ3) is 3.18. The Hall–Kier alpha value is -1.88. The minimum atomic E-state index is -0.251. The smallest absolute Gasteiger partial charge is 0.242 e. The molecule has 1 heterocycles.